The molecule has 1 aromatic heterocycles. The third-order valence-corrected chi connectivity index (χ3v) is 3.98. The smallest absolute Gasteiger partial charge is 0.0705 e. The molecule has 0 radical (unpaired) electrons. The van der Waals surface area contributed by atoms with E-state index < -0.39 is 0 Å². The molecule has 1 unspecified atom stereocenters. The molecule has 1 aromatic carbocycles. The number of likely N-dealkylation sites (N-methyl/N-ethyl adjacent to an activating group) is 1. The molecule has 3 heteroatoms. The minimum Gasteiger partial charge on any atom is -0.315 e. The zero-order valence-electron chi connectivity index (χ0n) is 11.5. The minimum atomic E-state index is 0.665. The number of benzene rings is 1. The van der Waals surface area contributed by atoms with Crippen molar-refractivity contribution in [1.82, 2.24) is 15.2 Å². The second-order valence-corrected chi connectivity index (χ2v) is 5.21. The van der Waals surface area contributed by atoms with E-state index in [0.717, 1.165) is 31.7 Å². The zero-order valence-corrected chi connectivity index (χ0v) is 11.5. The van der Waals surface area contributed by atoms with Crippen LogP contribution >= 0.6 is 0 Å². The van der Waals surface area contributed by atoms with Crippen molar-refractivity contribution in [2.75, 3.05) is 19.6 Å². The van der Waals surface area contributed by atoms with E-state index in [-0.39, 0.29) is 0 Å². The molecule has 1 N–H and O–H groups in total. The largest absolute Gasteiger partial charge is 0.315 e. The molecule has 3 nitrogen and oxygen atoms in total. The Morgan fingerprint density at radius 3 is 2.95 bits per heavy atom. The van der Waals surface area contributed by atoms with Crippen LogP contribution in [0.15, 0.2) is 36.4 Å². The SMILES string of the molecule is CCN(Cc1ccc2ccccc2n1)C1CCNC1. The van der Waals surface area contributed by atoms with Crippen LogP contribution in [-0.4, -0.2) is 35.6 Å². The molecule has 0 amide bonds. The van der Waals surface area contributed by atoms with Gasteiger partial charge in [0.1, 0.15) is 0 Å². The molecule has 3 rings (SSSR count). The minimum absolute atomic E-state index is 0.665. The maximum absolute atomic E-state index is 4.77. The summed E-state index contributed by atoms with van der Waals surface area (Å²) in [5.41, 5.74) is 2.27. The number of pyridine rings is 1. The first-order valence-corrected chi connectivity index (χ1v) is 7.16. The van der Waals surface area contributed by atoms with Gasteiger partial charge in [-0.3, -0.25) is 9.88 Å². The lowest BCUT2D eigenvalue weighted by Gasteiger charge is -2.26. The predicted octanol–water partition coefficient (Wildman–Crippen LogP) is 2.42. The van der Waals surface area contributed by atoms with Crippen LogP contribution in [0, 0.1) is 0 Å². The first-order chi connectivity index (χ1) is 9.36. The van der Waals surface area contributed by atoms with Crippen LogP contribution < -0.4 is 5.32 Å². The lowest BCUT2D eigenvalue weighted by Crippen LogP contribution is -2.36. The van der Waals surface area contributed by atoms with Crippen molar-refractivity contribution >= 4 is 10.9 Å². The molecule has 19 heavy (non-hydrogen) atoms. The summed E-state index contributed by atoms with van der Waals surface area (Å²) in [6.45, 7) is 6.53. The topological polar surface area (TPSA) is 28.2 Å². The van der Waals surface area contributed by atoms with E-state index in [0.29, 0.717) is 6.04 Å². The lowest BCUT2D eigenvalue weighted by atomic mass is 10.1. The van der Waals surface area contributed by atoms with Gasteiger partial charge in [0, 0.05) is 24.5 Å². The van der Waals surface area contributed by atoms with Crippen molar-refractivity contribution in [2.24, 2.45) is 0 Å². The Labute approximate surface area is 114 Å². The molecule has 1 saturated heterocycles. The number of aromatic nitrogens is 1. The molecule has 100 valence electrons. The fourth-order valence-corrected chi connectivity index (χ4v) is 2.85. The third kappa shape index (κ3) is 2.77. The Hall–Kier alpha value is -1.45. The number of para-hydroxylation sites is 1. The van der Waals surface area contributed by atoms with Crippen molar-refractivity contribution in [1.29, 1.82) is 0 Å². The quantitative estimate of drug-likeness (QED) is 0.909. The number of fused-ring (bicyclic) bond motifs is 1. The molecular formula is C16H21N3. The fraction of sp³-hybridized carbons (Fsp3) is 0.438. The van der Waals surface area contributed by atoms with E-state index in [1.807, 2.05) is 0 Å². The van der Waals surface area contributed by atoms with E-state index in [2.05, 4.69) is 53.5 Å². The van der Waals surface area contributed by atoms with Crippen molar-refractivity contribution in [3.63, 3.8) is 0 Å². The molecular weight excluding hydrogens is 234 g/mol. The third-order valence-electron chi connectivity index (χ3n) is 3.98. The Balaban J connectivity index is 1.79. The highest BCUT2D eigenvalue weighted by Crippen LogP contribution is 2.15. The molecule has 0 bridgehead atoms. The average Bonchev–Trinajstić information content (AvgIpc) is 2.98. The summed E-state index contributed by atoms with van der Waals surface area (Å²) in [7, 11) is 0. The molecule has 1 aliphatic heterocycles. The van der Waals surface area contributed by atoms with Crippen molar-refractivity contribution in [3.8, 4) is 0 Å². The molecule has 1 atom stereocenters. The van der Waals surface area contributed by atoms with Crippen LogP contribution in [0.5, 0.6) is 0 Å². The number of hydrogen-bond acceptors (Lipinski definition) is 3. The first kappa shape index (κ1) is 12.6. The van der Waals surface area contributed by atoms with Crippen molar-refractivity contribution < 1.29 is 0 Å². The van der Waals surface area contributed by atoms with Gasteiger partial charge in [0.15, 0.2) is 0 Å². The van der Waals surface area contributed by atoms with Gasteiger partial charge in [-0.25, -0.2) is 0 Å². The summed E-state index contributed by atoms with van der Waals surface area (Å²) < 4.78 is 0. The Kier molecular flexibility index (Phi) is 3.76. The van der Waals surface area contributed by atoms with Gasteiger partial charge in [0.05, 0.1) is 11.2 Å². The highest BCUT2D eigenvalue weighted by atomic mass is 15.2. The van der Waals surface area contributed by atoms with Crippen molar-refractivity contribution in [2.45, 2.75) is 25.9 Å². The van der Waals surface area contributed by atoms with Gasteiger partial charge in [0.25, 0.3) is 0 Å². The zero-order chi connectivity index (χ0) is 13.1. The normalized spacial score (nSPS) is 19.4. The summed E-state index contributed by atoms with van der Waals surface area (Å²) in [6.07, 6.45) is 1.25. The van der Waals surface area contributed by atoms with E-state index in [1.54, 1.807) is 0 Å². The Bertz CT molecular complexity index is 546. The average molecular weight is 255 g/mol. The van der Waals surface area contributed by atoms with Gasteiger partial charge in [-0.05, 0) is 31.6 Å². The van der Waals surface area contributed by atoms with Crippen LogP contribution in [0.2, 0.25) is 0 Å². The second kappa shape index (κ2) is 5.68. The molecule has 1 aliphatic rings. The number of rotatable bonds is 4. The van der Waals surface area contributed by atoms with Gasteiger partial charge in [-0.2, -0.15) is 0 Å². The monoisotopic (exact) mass is 255 g/mol. The lowest BCUT2D eigenvalue weighted by molar-refractivity contribution is 0.208. The van der Waals surface area contributed by atoms with E-state index >= 15 is 0 Å². The van der Waals surface area contributed by atoms with Gasteiger partial charge in [-0.15, -0.1) is 0 Å². The van der Waals surface area contributed by atoms with Gasteiger partial charge >= 0.3 is 0 Å². The van der Waals surface area contributed by atoms with Crippen LogP contribution in [0.4, 0.5) is 0 Å². The van der Waals surface area contributed by atoms with E-state index in [1.165, 1.54) is 17.5 Å². The maximum Gasteiger partial charge on any atom is 0.0705 e. The van der Waals surface area contributed by atoms with Crippen LogP contribution in [0.3, 0.4) is 0 Å². The molecule has 2 heterocycles. The van der Waals surface area contributed by atoms with E-state index in [9.17, 15) is 0 Å². The predicted molar refractivity (Wildman–Crippen MR) is 79.1 cm³/mol. The van der Waals surface area contributed by atoms with Crippen LogP contribution in [-0.2, 0) is 6.54 Å². The molecule has 0 aliphatic carbocycles. The summed E-state index contributed by atoms with van der Waals surface area (Å²) in [4.78, 5) is 7.30. The number of nitrogens with one attached hydrogen (secondary N) is 1. The summed E-state index contributed by atoms with van der Waals surface area (Å²) in [6, 6.07) is 13.3. The number of hydrogen-bond donors (Lipinski definition) is 1. The highest BCUT2D eigenvalue weighted by molar-refractivity contribution is 5.78. The van der Waals surface area contributed by atoms with Gasteiger partial charge in [0.2, 0.25) is 0 Å². The Morgan fingerprint density at radius 2 is 2.16 bits per heavy atom. The molecule has 2 aromatic rings. The molecule has 0 spiro atoms. The van der Waals surface area contributed by atoms with Crippen LogP contribution in [0.1, 0.15) is 19.0 Å². The Morgan fingerprint density at radius 1 is 1.26 bits per heavy atom. The summed E-state index contributed by atoms with van der Waals surface area (Å²) in [5, 5.41) is 4.66. The van der Waals surface area contributed by atoms with Crippen molar-refractivity contribution in [3.05, 3.63) is 42.1 Å². The van der Waals surface area contributed by atoms with E-state index in [4.69, 9.17) is 4.98 Å². The second-order valence-electron chi connectivity index (χ2n) is 5.21. The fourth-order valence-electron chi connectivity index (χ4n) is 2.85. The molecule has 0 saturated carbocycles. The van der Waals surface area contributed by atoms with Gasteiger partial charge < -0.3 is 5.32 Å². The molecule has 1 fully saturated rings. The van der Waals surface area contributed by atoms with Gasteiger partial charge in [-0.1, -0.05) is 31.2 Å². The number of nitrogens with zero attached hydrogens (tertiary/aromatic N) is 2. The first-order valence-electron chi connectivity index (χ1n) is 7.16. The maximum atomic E-state index is 4.77. The van der Waals surface area contributed by atoms with Crippen LogP contribution in [0.25, 0.3) is 10.9 Å². The highest BCUT2D eigenvalue weighted by Gasteiger charge is 2.21. The standard InChI is InChI=1S/C16H21N3/c1-2-19(15-9-10-17-11-15)12-14-8-7-13-5-3-4-6-16(13)18-14/h3-8,15,17H,2,9-12H2,1H3. The summed E-state index contributed by atoms with van der Waals surface area (Å²) >= 11 is 0. The summed E-state index contributed by atoms with van der Waals surface area (Å²) in [5.74, 6) is 0.